The Morgan fingerprint density at radius 2 is 1.68 bits per heavy atom. The number of rotatable bonds is 3. The van der Waals surface area contributed by atoms with E-state index in [1.54, 1.807) is 13.8 Å². The first-order chi connectivity index (χ1) is 8.48. The van der Waals surface area contributed by atoms with Crippen LogP contribution in [0.1, 0.15) is 45.7 Å². The van der Waals surface area contributed by atoms with Crippen molar-refractivity contribution in [2.75, 3.05) is 11.9 Å². The summed E-state index contributed by atoms with van der Waals surface area (Å²) in [5.74, 6) is -0.824. The molecule has 0 heterocycles. The Morgan fingerprint density at radius 1 is 1.16 bits per heavy atom. The van der Waals surface area contributed by atoms with Crippen LogP contribution in [0.5, 0.6) is 0 Å². The molecule has 0 spiro atoms. The van der Waals surface area contributed by atoms with Gasteiger partial charge >= 0.3 is 5.97 Å². The summed E-state index contributed by atoms with van der Waals surface area (Å²) in [7, 11) is 1.84. The lowest BCUT2D eigenvalue weighted by Gasteiger charge is -2.35. The molecule has 0 radical (unpaired) electrons. The molecule has 0 fully saturated rings. The van der Waals surface area contributed by atoms with Crippen LogP contribution in [-0.4, -0.2) is 23.7 Å². The summed E-state index contributed by atoms with van der Waals surface area (Å²) >= 11 is 0. The fourth-order valence-electron chi connectivity index (χ4n) is 1.88. The van der Waals surface area contributed by atoms with Crippen LogP contribution in [0, 0.1) is 6.92 Å². The van der Waals surface area contributed by atoms with Crippen molar-refractivity contribution in [2.45, 2.75) is 52.5 Å². The van der Waals surface area contributed by atoms with Gasteiger partial charge in [-0.2, -0.15) is 0 Å². The Hall–Kier alpha value is -1.51. The number of carboxylic acid groups (broad SMARTS) is 1. The van der Waals surface area contributed by atoms with Crippen molar-refractivity contribution in [3.8, 4) is 0 Å². The largest absolute Gasteiger partial charge is 0.480 e. The minimum Gasteiger partial charge on any atom is -0.480 e. The van der Waals surface area contributed by atoms with Crippen molar-refractivity contribution in [1.82, 2.24) is 0 Å². The van der Waals surface area contributed by atoms with Gasteiger partial charge in [0.2, 0.25) is 0 Å². The molecule has 0 aromatic heterocycles. The van der Waals surface area contributed by atoms with Crippen LogP contribution >= 0.6 is 0 Å². The summed E-state index contributed by atoms with van der Waals surface area (Å²) in [6, 6.07) is 6.27. The normalized spacial score (nSPS) is 12.4. The summed E-state index contributed by atoms with van der Waals surface area (Å²) in [5.41, 5.74) is 2.39. The van der Waals surface area contributed by atoms with E-state index in [-0.39, 0.29) is 5.41 Å². The van der Waals surface area contributed by atoms with Crippen LogP contribution in [0.3, 0.4) is 0 Å². The van der Waals surface area contributed by atoms with E-state index in [0.717, 1.165) is 11.3 Å². The van der Waals surface area contributed by atoms with Crippen LogP contribution < -0.4 is 4.90 Å². The molecule has 0 amide bonds. The summed E-state index contributed by atoms with van der Waals surface area (Å²) in [6.07, 6.45) is 0. The number of hydrogen-bond acceptors (Lipinski definition) is 2. The third-order valence-corrected chi connectivity index (χ3v) is 3.80. The fraction of sp³-hybridized carbons (Fsp3) is 0.562. The molecule has 0 aliphatic carbocycles. The summed E-state index contributed by atoms with van der Waals surface area (Å²) < 4.78 is 0. The van der Waals surface area contributed by atoms with E-state index in [1.165, 1.54) is 5.56 Å². The lowest BCUT2D eigenvalue weighted by Crippen LogP contribution is -2.48. The lowest BCUT2D eigenvalue weighted by molar-refractivity contribution is -0.142. The second kappa shape index (κ2) is 4.87. The van der Waals surface area contributed by atoms with Crippen LogP contribution in [0.2, 0.25) is 0 Å². The molecule has 1 N–H and O–H groups in total. The topological polar surface area (TPSA) is 40.5 Å². The van der Waals surface area contributed by atoms with Crippen molar-refractivity contribution < 1.29 is 9.90 Å². The highest BCUT2D eigenvalue weighted by molar-refractivity contribution is 5.83. The predicted molar refractivity (Wildman–Crippen MR) is 80.0 cm³/mol. The summed E-state index contributed by atoms with van der Waals surface area (Å²) in [4.78, 5) is 13.2. The third-order valence-electron chi connectivity index (χ3n) is 3.80. The molecule has 0 bridgehead atoms. The minimum atomic E-state index is -0.929. The highest BCUT2D eigenvalue weighted by Gasteiger charge is 2.33. The van der Waals surface area contributed by atoms with Crippen LogP contribution in [0.25, 0.3) is 0 Å². The quantitative estimate of drug-likeness (QED) is 0.906. The molecule has 3 nitrogen and oxygen atoms in total. The van der Waals surface area contributed by atoms with E-state index in [0.29, 0.717) is 0 Å². The second-order valence-electron chi connectivity index (χ2n) is 6.67. The average Bonchev–Trinajstić information content (AvgIpc) is 2.26. The predicted octanol–water partition coefficient (Wildman–Crippen LogP) is 3.59. The van der Waals surface area contributed by atoms with Crippen molar-refractivity contribution in [3.63, 3.8) is 0 Å². The maximum Gasteiger partial charge on any atom is 0.328 e. The lowest BCUT2D eigenvalue weighted by atomic mass is 9.86. The molecule has 0 saturated heterocycles. The van der Waals surface area contributed by atoms with E-state index in [4.69, 9.17) is 0 Å². The van der Waals surface area contributed by atoms with Crippen LogP contribution in [-0.2, 0) is 10.2 Å². The maximum atomic E-state index is 11.4. The Morgan fingerprint density at radius 3 is 2.11 bits per heavy atom. The van der Waals surface area contributed by atoms with E-state index < -0.39 is 11.5 Å². The fourth-order valence-corrected chi connectivity index (χ4v) is 1.88. The number of carboxylic acids is 1. The van der Waals surface area contributed by atoms with Crippen molar-refractivity contribution >= 4 is 11.7 Å². The number of anilines is 1. The number of benzene rings is 1. The molecule has 1 aromatic rings. The molecule has 3 heteroatoms. The zero-order valence-corrected chi connectivity index (χ0v) is 13.0. The minimum absolute atomic E-state index is 0.0522. The van der Waals surface area contributed by atoms with Gasteiger partial charge in [-0.05, 0) is 43.4 Å². The van der Waals surface area contributed by atoms with Crippen molar-refractivity contribution in [1.29, 1.82) is 0 Å². The summed E-state index contributed by atoms with van der Waals surface area (Å²) in [5, 5.41) is 9.35. The van der Waals surface area contributed by atoms with Crippen molar-refractivity contribution in [3.05, 3.63) is 29.3 Å². The number of likely N-dealkylation sites (N-methyl/N-ethyl adjacent to an activating group) is 1. The zero-order chi connectivity index (χ0) is 15.0. The van der Waals surface area contributed by atoms with Crippen LogP contribution in [0.4, 0.5) is 5.69 Å². The number of nitrogens with zero attached hydrogens (tertiary/aromatic N) is 1. The van der Waals surface area contributed by atoms with E-state index in [9.17, 15) is 9.90 Å². The van der Waals surface area contributed by atoms with Gasteiger partial charge in [0.1, 0.15) is 5.54 Å². The molecule has 0 saturated carbocycles. The molecule has 106 valence electrons. The monoisotopic (exact) mass is 263 g/mol. The van der Waals surface area contributed by atoms with Gasteiger partial charge in [0, 0.05) is 12.7 Å². The van der Waals surface area contributed by atoms with Gasteiger partial charge in [0.15, 0.2) is 0 Å². The van der Waals surface area contributed by atoms with Gasteiger partial charge in [-0.1, -0.05) is 32.9 Å². The highest BCUT2D eigenvalue weighted by Crippen LogP contribution is 2.31. The molecule has 1 rings (SSSR count). The molecular weight excluding hydrogens is 238 g/mol. The Kier molecular flexibility index (Phi) is 3.99. The van der Waals surface area contributed by atoms with E-state index in [2.05, 4.69) is 39.0 Å². The second-order valence-corrected chi connectivity index (χ2v) is 6.67. The third kappa shape index (κ3) is 3.09. The first-order valence-corrected chi connectivity index (χ1v) is 6.56. The SMILES string of the molecule is Cc1ccc(C(C)(C)C)cc1N(C)C(C)(C)C(=O)O. The zero-order valence-electron chi connectivity index (χ0n) is 13.0. The molecule has 0 aliphatic heterocycles. The molecule has 0 unspecified atom stereocenters. The van der Waals surface area contributed by atoms with E-state index >= 15 is 0 Å². The molecular formula is C16H25NO2. The Bertz CT molecular complexity index is 484. The standard InChI is InChI=1S/C16H25NO2/c1-11-8-9-12(15(2,3)4)10-13(11)17(7)16(5,6)14(18)19/h8-10H,1-7H3,(H,18,19). The molecule has 0 aliphatic rings. The Balaban J connectivity index is 3.31. The average molecular weight is 263 g/mol. The molecule has 0 atom stereocenters. The van der Waals surface area contributed by atoms with E-state index in [1.807, 2.05) is 18.9 Å². The van der Waals surface area contributed by atoms with Gasteiger partial charge in [0.05, 0.1) is 0 Å². The van der Waals surface area contributed by atoms with Gasteiger partial charge < -0.3 is 10.0 Å². The smallest absolute Gasteiger partial charge is 0.328 e. The Labute approximate surface area is 116 Å². The van der Waals surface area contributed by atoms with Gasteiger partial charge in [-0.3, -0.25) is 0 Å². The van der Waals surface area contributed by atoms with Gasteiger partial charge in [-0.15, -0.1) is 0 Å². The maximum absolute atomic E-state index is 11.4. The van der Waals surface area contributed by atoms with Crippen molar-refractivity contribution in [2.24, 2.45) is 0 Å². The number of aryl methyl sites for hydroxylation is 1. The number of hydrogen-bond donors (Lipinski definition) is 1. The highest BCUT2D eigenvalue weighted by atomic mass is 16.4. The summed E-state index contributed by atoms with van der Waals surface area (Å²) in [6.45, 7) is 11.9. The number of aliphatic carboxylic acids is 1. The number of carbonyl (C=O) groups is 1. The molecule has 19 heavy (non-hydrogen) atoms. The van der Waals surface area contributed by atoms with Gasteiger partial charge in [-0.25, -0.2) is 4.79 Å². The molecule has 1 aromatic carbocycles. The van der Waals surface area contributed by atoms with Gasteiger partial charge in [0.25, 0.3) is 0 Å². The first kappa shape index (κ1) is 15.5. The first-order valence-electron chi connectivity index (χ1n) is 6.56. The van der Waals surface area contributed by atoms with Crippen LogP contribution in [0.15, 0.2) is 18.2 Å².